The number of anilines is 1. The van der Waals surface area contributed by atoms with Crippen LogP contribution in [0.1, 0.15) is 42.4 Å². The second-order valence-electron chi connectivity index (χ2n) is 11.6. The van der Waals surface area contributed by atoms with Crippen LogP contribution in [0.2, 0.25) is 5.02 Å². The fraction of sp³-hybridized carbons (Fsp3) is 0.278. The minimum atomic E-state index is -4.24. The molecule has 1 saturated carbocycles. The van der Waals surface area contributed by atoms with Crippen molar-refractivity contribution in [3.05, 3.63) is 131 Å². The van der Waals surface area contributed by atoms with Crippen LogP contribution in [0.15, 0.2) is 108 Å². The molecule has 4 aromatic rings. The average molecular weight is 662 g/mol. The van der Waals surface area contributed by atoms with Gasteiger partial charge in [0.15, 0.2) is 0 Å². The Labute approximate surface area is 275 Å². The zero-order valence-corrected chi connectivity index (χ0v) is 27.2. The van der Waals surface area contributed by atoms with Gasteiger partial charge in [0, 0.05) is 24.0 Å². The first-order valence-corrected chi connectivity index (χ1v) is 17.2. The van der Waals surface area contributed by atoms with Crippen molar-refractivity contribution in [2.24, 2.45) is 0 Å². The molecule has 240 valence electrons. The second kappa shape index (κ2) is 14.9. The van der Waals surface area contributed by atoms with Gasteiger partial charge in [-0.3, -0.25) is 13.9 Å². The molecular weight excluding hydrogens is 625 g/mol. The number of carbonyl (C=O) groups excluding carboxylic acids is 2. The molecule has 0 aromatic heterocycles. The number of rotatable bonds is 12. The lowest BCUT2D eigenvalue weighted by Crippen LogP contribution is -2.54. The van der Waals surface area contributed by atoms with Crippen LogP contribution in [0, 0.1) is 12.7 Å². The van der Waals surface area contributed by atoms with Crippen molar-refractivity contribution in [2.75, 3.05) is 10.8 Å². The number of hydrogen-bond acceptors (Lipinski definition) is 4. The van der Waals surface area contributed by atoms with Crippen LogP contribution < -0.4 is 9.62 Å². The third kappa shape index (κ3) is 8.13. The largest absolute Gasteiger partial charge is 0.352 e. The van der Waals surface area contributed by atoms with Gasteiger partial charge in [0.1, 0.15) is 18.4 Å². The first kappa shape index (κ1) is 33.2. The van der Waals surface area contributed by atoms with E-state index in [-0.39, 0.29) is 35.5 Å². The Kier molecular flexibility index (Phi) is 10.8. The maximum absolute atomic E-state index is 14.5. The summed E-state index contributed by atoms with van der Waals surface area (Å²) < 4.78 is 43.1. The molecule has 46 heavy (non-hydrogen) atoms. The molecule has 0 spiro atoms. The molecule has 0 aliphatic heterocycles. The van der Waals surface area contributed by atoms with Gasteiger partial charge in [0.2, 0.25) is 11.8 Å². The third-order valence-electron chi connectivity index (χ3n) is 8.29. The van der Waals surface area contributed by atoms with E-state index in [2.05, 4.69) is 5.32 Å². The molecule has 2 amide bonds. The highest BCUT2D eigenvalue weighted by Crippen LogP contribution is 2.29. The molecule has 1 aliphatic carbocycles. The van der Waals surface area contributed by atoms with E-state index in [1.807, 2.05) is 30.3 Å². The van der Waals surface area contributed by atoms with Gasteiger partial charge in [-0.15, -0.1) is 0 Å². The first-order chi connectivity index (χ1) is 22.1. The van der Waals surface area contributed by atoms with Crippen molar-refractivity contribution in [1.29, 1.82) is 0 Å². The topological polar surface area (TPSA) is 86.8 Å². The molecule has 0 radical (unpaired) electrons. The van der Waals surface area contributed by atoms with E-state index in [4.69, 9.17) is 11.6 Å². The van der Waals surface area contributed by atoms with Crippen molar-refractivity contribution in [2.45, 2.75) is 62.6 Å². The van der Waals surface area contributed by atoms with Gasteiger partial charge >= 0.3 is 0 Å². The van der Waals surface area contributed by atoms with E-state index in [1.54, 1.807) is 49.4 Å². The molecule has 1 fully saturated rings. The first-order valence-electron chi connectivity index (χ1n) is 15.3. The predicted octanol–water partition coefficient (Wildman–Crippen LogP) is 6.68. The molecule has 10 heteroatoms. The van der Waals surface area contributed by atoms with Crippen molar-refractivity contribution in [1.82, 2.24) is 10.2 Å². The minimum absolute atomic E-state index is 0.00166. The van der Waals surface area contributed by atoms with E-state index < -0.39 is 34.3 Å². The molecule has 4 aromatic carbocycles. The molecule has 5 rings (SSSR count). The fourth-order valence-corrected chi connectivity index (χ4v) is 7.30. The Morgan fingerprint density at radius 3 is 2.15 bits per heavy atom. The lowest BCUT2D eigenvalue weighted by atomic mass is 10.0. The van der Waals surface area contributed by atoms with E-state index in [0.29, 0.717) is 10.6 Å². The van der Waals surface area contributed by atoms with Gasteiger partial charge in [-0.2, -0.15) is 0 Å². The molecule has 0 heterocycles. The number of halogens is 2. The van der Waals surface area contributed by atoms with Crippen molar-refractivity contribution in [3.8, 4) is 0 Å². The highest BCUT2D eigenvalue weighted by atomic mass is 35.5. The van der Waals surface area contributed by atoms with Gasteiger partial charge in [-0.1, -0.05) is 91.2 Å². The summed E-state index contributed by atoms with van der Waals surface area (Å²) >= 11 is 6.44. The van der Waals surface area contributed by atoms with Crippen molar-refractivity contribution in [3.63, 3.8) is 0 Å². The smallest absolute Gasteiger partial charge is 0.264 e. The lowest BCUT2D eigenvalue weighted by molar-refractivity contribution is -0.140. The van der Waals surface area contributed by atoms with Crippen molar-refractivity contribution < 1.29 is 22.4 Å². The summed E-state index contributed by atoms with van der Waals surface area (Å²) in [7, 11) is -4.24. The van der Waals surface area contributed by atoms with Crippen LogP contribution in [-0.2, 0) is 32.6 Å². The highest BCUT2D eigenvalue weighted by molar-refractivity contribution is 7.92. The van der Waals surface area contributed by atoms with Gasteiger partial charge < -0.3 is 10.2 Å². The Morgan fingerprint density at radius 1 is 0.891 bits per heavy atom. The number of amides is 2. The van der Waals surface area contributed by atoms with Gasteiger partial charge in [-0.05, 0) is 72.9 Å². The van der Waals surface area contributed by atoms with Gasteiger partial charge in [-0.25, -0.2) is 12.8 Å². The minimum Gasteiger partial charge on any atom is -0.352 e. The Bertz CT molecular complexity index is 1750. The molecule has 1 aliphatic rings. The zero-order chi connectivity index (χ0) is 32.7. The zero-order valence-electron chi connectivity index (χ0n) is 25.6. The summed E-state index contributed by atoms with van der Waals surface area (Å²) in [6.45, 7) is 1.16. The van der Waals surface area contributed by atoms with Crippen LogP contribution in [-0.4, -0.2) is 43.8 Å². The van der Waals surface area contributed by atoms with Crippen LogP contribution in [0.5, 0.6) is 0 Å². The molecule has 7 nitrogen and oxygen atoms in total. The lowest BCUT2D eigenvalue weighted by Gasteiger charge is -2.34. The number of nitrogens with one attached hydrogen (secondary N) is 1. The summed E-state index contributed by atoms with van der Waals surface area (Å²) in [6, 6.07) is 26.8. The van der Waals surface area contributed by atoms with Gasteiger partial charge in [0.25, 0.3) is 10.0 Å². The number of benzene rings is 4. The SMILES string of the molecule is Cc1ccc(N(CC(=O)N(Cc2ccc(F)cc2)C(Cc2ccccc2)C(=O)NC2CCCC2)S(=O)(=O)c2ccccc2)cc1Cl. The van der Waals surface area contributed by atoms with E-state index in [9.17, 15) is 22.4 Å². The van der Waals surface area contributed by atoms with E-state index in [1.165, 1.54) is 35.2 Å². The molecule has 1 N–H and O–H groups in total. The summed E-state index contributed by atoms with van der Waals surface area (Å²) in [4.78, 5) is 30.0. The number of sulfonamides is 1. The molecule has 1 unspecified atom stereocenters. The van der Waals surface area contributed by atoms with E-state index in [0.717, 1.165) is 41.1 Å². The quantitative estimate of drug-likeness (QED) is 0.184. The second-order valence-corrected chi connectivity index (χ2v) is 13.9. The van der Waals surface area contributed by atoms with Crippen LogP contribution in [0.4, 0.5) is 10.1 Å². The Balaban J connectivity index is 1.57. The van der Waals surface area contributed by atoms with Crippen molar-refractivity contribution >= 4 is 39.1 Å². The van der Waals surface area contributed by atoms with Gasteiger partial charge in [0.05, 0.1) is 10.6 Å². The van der Waals surface area contributed by atoms with E-state index >= 15 is 0 Å². The summed E-state index contributed by atoms with van der Waals surface area (Å²) in [5.74, 6) is -1.34. The fourth-order valence-electron chi connectivity index (χ4n) is 5.69. The van der Waals surface area contributed by atoms with Crippen LogP contribution in [0.3, 0.4) is 0 Å². The standard InChI is InChI=1S/C36H37ClFN3O4S/c1-26-16-21-31(23-33(26)37)41(46(44,45)32-14-6-3-7-15-32)25-35(42)40(24-28-17-19-29(38)20-18-28)34(22-27-10-4-2-5-11-27)36(43)39-30-12-8-9-13-30/h2-7,10-11,14-21,23,30,34H,8-9,12-13,22,24-25H2,1H3,(H,39,43). The maximum Gasteiger partial charge on any atom is 0.264 e. The molecule has 1 atom stereocenters. The number of hydrogen-bond donors (Lipinski definition) is 1. The average Bonchev–Trinajstić information content (AvgIpc) is 3.57. The molecule has 0 bridgehead atoms. The summed E-state index contributed by atoms with van der Waals surface area (Å²) in [6.07, 6.45) is 3.93. The Morgan fingerprint density at radius 2 is 1.52 bits per heavy atom. The van der Waals surface area contributed by atoms with Crippen LogP contribution >= 0.6 is 11.6 Å². The summed E-state index contributed by atoms with van der Waals surface area (Å²) in [5.41, 5.74) is 2.39. The monoisotopic (exact) mass is 661 g/mol. The maximum atomic E-state index is 14.5. The number of nitrogens with zero attached hydrogens (tertiary/aromatic N) is 2. The predicted molar refractivity (Wildman–Crippen MR) is 178 cm³/mol. The number of carbonyl (C=O) groups is 2. The Hall–Kier alpha value is -4.21. The molecule has 0 saturated heterocycles. The highest BCUT2D eigenvalue weighted by Gasteiger charge is 2.35. The normalized spacial score (nSPS) is 14.1. The third-order valence-corrected chi connectivity index (χ3v) is 10.5. The summed E-state index contributed by atoms with van der Waals surface area (Å²) in [5, 5.41) is 3.49. The van der Waals surface area contributed by atoms with Crippen LogP contribution in [0.25, 0.3) is 0 Å². The number of aryl methyl sites for hydroxylation is 1. The molecular formula is C36H37ClFN3O4S.